The van der Waals surface area contributed by atoms with E-state index in [0.29, 0.717) is 23.3 Å². The molecule has 3 N–H and O–H groups in total. The fourth-order valence-corrected chi connectivity index (χ4v) is 6.75. The highest BCUT2D eigenvalue weighted by molar-refractivity contribution is 5.91. The van der Waals surface area contributed by atoms with Gasteiger partial charge in [-0.3, -0.25) is 14.5 Å². The van der Waals surface area contributed by atoms with Crippen molar-refractivity contribution in [3.63, 3.8) is 0 Å². The van der Waals surface area contributed by atoms with Crippen LogP contribution in [0.2, 0.25) is 0 Å². The molecule has 2 aliphatic heterocycles. The standard InChI is InChI=1S/C34H47N5O5/c1-23(27-21-35-28-11-7-6-10-26(27)28)32(34(41)36-20-24-18-29(42-2)33(44-4)30(19-24)43-3)37-31(40)22-38-16-12-25(13-17-38)39-14-8-5-9-15-39/h6-7,10-11,18-19,21,23,25,32,35H,5,8-9,12-17,20,22H2,1-4H3,(H,36,41)(H,37,40). The number of aromatic nitrogens is 1. The average Bonchev–Trinajstić information content (AvgIpc) is 3.50. The summed E-state index contributed by atoms with van der Waals surface area (Å²) in [5.41, 5.74) is 2.76. The van der Waals surface area contributed by atoms with Gasteiger partial charge in [0.25, 0.3) is 0 Å². The lowest BCUT2D eigenvalue weighted by Gasteiger charge is -2.40. The second-order valence-electron chi connectivity index (χ2n) is 12.0. The van der Waals surface area contributed by atoms with Crippen LogP contribution in [0.1, 0.15) is 56.1 Å². The van der Waals surface area contributed by atoms with E-state index in [4.69, 9.17) is 14.2 Å². The molecule has 2 aliphatic rings. The van der Waals surface area contributed by atoms with Gasteiger partial charge in [-0.15, -0.1) is 0 Å². The van der Waals surface area contributed by atoms with E-state index in [-0.39, 0.29) is 30.8 Å². The van der Waals surface area contributed by atoms with E-state index in [0.717, 1.165) is 48.0 Å². The summed E-state index contributed by atoms with van der Waals surface area (Å²) in [6.45, 7) is 6.68. The Morgan fingerprint density at radius 2 is 1.64 bits per heavy atom. The van der Waals surface area contributed by atoms with Gasteiger partial charge in [0.05, 0.1) is 27.9 Å². The fraction of sp³-hybridized carbons (Fsp3) is 0.529. The van der Waals surface area contributed by atoms with Gasteiger partial charge in [-0.2, -0.15) is 0 Å². The van der Waals surface area contributed by atoms with Gasteiger partial charge >= 0.3 is 0 Å². The van der Waals surface area contributed by atoms with Gasteiger partial charge in [0.15, 0.2) is 11.5 Å². The summed E-state index contributed by atoms with van der Waals surface area (Å²) in [4.78, 5) is 35.5. The number of carbonyl (C=O) groups is 2. The Kier molecular flexibility index (Phi) is 10.7. The first-order chi connectivity index (χ1) is 21.4. The third-order valence-corrected chi connectivity index (χ3v) is 9.23. The largest absolute Gasteiger partial charge is 0.493 e. The molecule has 0 spiro atoms. The highest BCUT2D eigenvalue weighted by Crippen LogP contribution is 2.38. The fourth-order valence-electron chi connectivity index (χ4n) is 6.75. The lowest BCUT2D eigenvalue weighted by Crippen LogP contribution is -2.53. The van der Waals surface area contributed by atoms with Crippen molar-refractivity contribution in [1.29, 1.82) is 0 Å². The van der Waals surface area contributed by atoms with Crippen LogP contribution in [0.3, 0.4) is 0 Å². The smallest absolute Gasteiger partial charge is 0.243 e. The number of hydrogen-bond donors (Lipinski definition) is 3. The summed E-state index contributed by atoms with van der Waals surface area (Å²) < 4.78 is 16.4. The SMILES string of the molecule is COc1cc(CNC(=O)C(NC(=O)CN2CCC(N3CCCCC3)CC2)C(C)c2c[nH]c3ccccc23)cc(OC)c1OC. The maximum atomic E-state index is 13.8. The van der Waals surface area contributed by atoms with E-state index in [1.165, 1.54) is 32.4 Å². The van der Waals surface area contributed by atoms with Crippen LogP contribution in [0, 0.1) is 0 Å². The van der Waals surface area contributed by atoms with Gasteiger partial charge in [0.2, 0.25) is 17.6 Å². The Labute approximate surface area is 260 Å². The van der Waals surface area contributed by atoms with Crippen LogP contribution < -0.4 is 24.8 Å². The Bertz CT molecular complexity index is 1390. The number of aromatic amines is 1. The molecule has 2 unspecified atom stereocenters. The summed E-state index contributed by atoms with van der Waals surface area (Å²) in [7, 11) is 4.67. The molecule has 3 heterocycles. The third kappa shape index (κ3) is 7.30. The number of amides is 2. The minimum atomic E-state index is -0.769. The molecule has 0 radical (unpaired) electrons. The highest BCUT2D eigenvalue weighted by atomic mass is 16.5. The van der Waals surface area contributed by atoms with Gasteiger partial charge < -0.3 is 34.7 Å². The summed E-state index contributed by atoms with van der Waals surface area (Å²) in [5.74, 6) is 0.840. The van der Waals surface area contributed by atoms with Crippen molar-refractivity contribution in [2.75, 3.05) is 54.1 Å². The van der Waals surface area contributed by atoms with Crippen LogP contribution in [0.15, 0.2) is 42.6 Å². The molecule has 1 aromatic heterocycles. The van der Waals surface area contributed by atoms with Gasteiger partial charge in [0, 0.05) is 48.7 Å². The molecule has 2 fully saturated rings. The molecule has 0 bridgehead atoms. The number of nitrogens with one attached hydrogen (secondary N) is 3. The average molecular weight is 606 g/mol. The third-order valence-electron chi connectivity index (χ3n) is 9.23. The van der Waals surface area contributed by atoms with E-state index in [1.54, 1.807) is 21.3 Å². The monoisotopic (exact) mass is 605 g/mol. The van der Waals surface area contributed by atoms with Gasteiger partial charge in [0.1, 0.15) is 6.04 Å². The molecule has 10 heteroatoms. The Morgan fingerprint density at radius 1 is 0.955 bits per heavy atom. The number of hydrogen-bond acceptors (Lipinski definition) is 7. The molecule has 2 amide bonds. The van der Waals surface area contributed by atoms with Crippen molar-refractivity contribution in [3.05, 3.63) is 53.7 Å². The lowest BCUT2D eigenvalue weighted by atomic mass is 9.92. The van der Waals surface area contributed by atoms with Crippen LogP contribution in [0.4, 0.5) is 0 Å². The summed E-state index contributed by atoms with van der Waals surface area (Å²) in [5, 5.41) is 7.19. The zero-order valence-electron chi connectivity index (χ0n) is 26.5. The first-order valence-electron chi connectivity index (χ1n) is 15.8. The van der Waals surface area contributed by atoms with Gasteiger partial charge in [-0.25, -0.2) is 0 Å². The lowest BCUT2D eigenvalue weighted by molar-refractivity contribution is -0.130. The van der Waals surface area contributed by atoms with Gasteiger partial charge in [-0.1, -0.05) is 31.5 Å². The van der Waals surface area contributed by atoms with Crippen LogP contribution in [0.5, 0.6) is 17.2 Å². The van der Waals surface area contributed by atoms with Crippen molar-refractivity contribution >= 4 is 22.7 Å². The molecule has 5 rings (SSSR count). The molecule has 10 nitrogen and oxygen atoms in total. The number of ether oxygens (including phenoxy) is 3. The van der Waals surface area contributed by atoms with Crippen molar-refractivity contribution < 1.29 is 23.8 Å². The Morgan fingerprint density at radius 3 is 2.30 bits per heavy atom. The van der Waals surface area contributed by atoms with Crippen LogP contribution in [-0.4, -0.2) is 92.7 Å². The second-order valence-corrected chi connectivity index (χ2v) is 12.0. The number of methoxy groups -OCH3 is 3. The van der Waals surface area contributed by atoms with Crippen molar-refractivity contribution in [3.8, 4) is 17.2 Å². The molecule has 2 aromatic carbocycles. The normalized spacial score (nSPS) is 18.0. The first kappa shape index (κ1) is 31.7. The number of carbonyl (C=O) groups excluding carboxylic acids is 2. The van der Waals surface area contributed by atoms with E-state index in [9.17, 15) is 9.59 Å². The van der Waals surface area contributed by atoms with E-state index in [2.05, 4.69) is 25.4 Å². The molecule has 3 aromatic rings. The highest BCUT2D eigenvalue weighted by Gasteiger charge is 2.31. The predicted molar refractivity (Wildman–Crippen MR) is 171 cm³/mol. The Balaban J connectivity index is 1.27. The predicted octanol–water partition coefficient (Wildman–Crippen LogP) is 4.05. The minimum Gasteiger partial charge on any atom is -0.493 e. The molecule has 44 heavy (non-hydrogen) atoms. The molecule has 0 aliphatic carbocycles. The number of H-pyrrole nitrogens is 1. The van der Waals surface area contributed by atoms with E-state index in [1.807, 2.05) is 49.5 Å². The number of nitrogens with zero attached hydrogens (tertiary/aromatic N) is 2. The quantitative estimate of drug-likeness (QED) is 0.286. The van der Waals surface area contributed by atoms with Crippen LogP contribution >= 0.6 is 0 Å². The van der Waals surface area contributed by atoms with Crippen molar-refractivity contribution in [1.82, 2.24) is 25.4 Å². The molecule has 2 saturated heterocycles. The molecule has 2 atom stereocenters. The number of rotatable bonds is 12. The number of benzene rings is 2. The summed E-state index contributed by atoms with van der Waals surface area (Å²) in [6.07, 6.45) is 8.02. The summed E-state index contributed by atoms with van der Waals surface area (Å²) in [6, 6.07) is 11.5. The molecular weight excluding hydrogens is 558 g/mol. The zero-order valence-corrected chi connectivity index (χ0v) is 26.5. The number of piperidine rings is 2. The number of fused-ring (bicyclic) bond motifs is 1. The minimum absolute atomic E-state index is 0.138. The number of likely N-dealkylation sites (tertiary alicyclic amines) is 2. The second kappa shape index (κ2) is 14.8. The summed E-state index contributed by atoms with van der Waals surface area (Å²) >= 11 is 0. The zero-order chi connectivity index (χ0) is 31.1. The maximum absolute atomic E-state index is 13.8. The number of para-hydroxylation sites is 1. The maximum Gasteiger partial charge on any atom is 0.243 e. The van der Waals surface area contributed by atoms with Crippen molar-refractivity contribution in [2.24, 2.45) is 0 Å². The first-order valence-corrected chi connectivity index (χ1v) is 15.8. The molecule has 238 valence electrons. The van der Waals surface area contributed by atoms with Crippen molar-refractivity contribution in [2.45, 2.75) is 63.6 Å². The Hall–Kier alpha value is -3.76. The topological polar surface area (TPSA) is 108 Å². The van der Waals surface area contributed by atoms with Crippen LogP contribution in [-0.2, 0) is 16.1 Å². The molecular formula is C34H47N5O5. The van der Waals surface area contributed by atoms with E-state index < -0.39 is 6.04 Å². The van der Waals surface area contributed by atoms with E-state index >= 15 is 0 Å². The van der Waals surface area contributed by atoms with Gasteiger partial charge in [-0.05, 0) is 68.1 Å². The van der Waals surface area contributed by atoms with Crippen LogP contribution in [0.25, 0.3) is 10.9 Å². The molecule has 0 saturated carbocycles.